The molecule has 1 N–H and O–H groups in total. The van der Waals surface area contributed by atoms with Crippen LogP contribution in [0.25, 0.3) is 0 Å². The molecular weight excluding hydrogens is 456 g/mol. The summed E-state index contributed by atoms with van der Waals surface area (Å²) in [7, 11) is -3.24. The van der Waals surface area contributed by atoms with E-state index in [2.05, 4.69) is 28.2 Å². The van der Waals surface area contributed by atoms with E-state index in [1.807, 2.05) is 0 Å². The van der Waals surface area contributed by atoms with Gasteiger partial charge in [0.15, 0.2) is 15.0 Å². The molecule has 1 saturated carbocycles. The van der Waals surface area contributed by atoms with Crippen molar-refractivity contribution < 1.29 is 13.2 Å². The van der Waals surface area contributed by atoms with Gasteiger partial charge in [-0.1, -0.05) is 19.1 Å². The number of nitriles is 1. The predicted octanol–water partition coefficient (Wildman–Crippen LogP) is 4.15. The molecule has 176 valence electrons. The van der Waals surface area contributed by atoms with E-state index in [0.717, 1.165) is 56.6 Å². The SMILES string of the molecule is CCS(=O)(=O)c1ccc(CC(=O)Nc2nc3c(s2)CN(C[C@H]2CC[C@](C)(C#N)CC2)C3)cc1. The van der Waals surface area contributed by atoms with E-state index in [-0.39, 0.29) is 28.4 Å². The molecule has 33 heavy (non-hydrogen) atoms. The average Bonchev–Trinajstić information content (AvgIpc) is 3.33. The number of aromatic nitrogens is 1. The van der Waals surface area contributed by atoms with Crippen LogP contribution in [0, 0.1) is 22.7 Å². The molecule has 9 heteroatoms. The average molecular weight is 487 g/mol. The second-order valence-electron chi connectivity index (χ2n) is 9.45. The molecule has 1 aliphatic carbocycles. The number of carbonyl (C=O) groups is 1. The molecule has 2 aromatic rings. The van der Waals surface area contributed by atoms with Gasteiger partial charge in [-0.3, -0.25) is 9.69 Å². The number of benzene rings is 1. The van der Waals surface area contributed by atoms with E-state index in [9.17, 15) is 18.5 Å². The maximum atomic E-state index is 12.5. The van der Waals surface area contributed by atoms with Crippen molar-refractivity contribution in [3.05, 3.63) is 40.4 Å². The number of nitrogens with one attached hydrogen (secondary N) is 1. The van der Waals surface area contributed by atoms with Gasteiger partial charge in [-0.15, -0.1) is 11.3 Å². The smallest absolute Gasteiger partial charge is 0.230 e. The van der Waals surface area contributed by atoms with E-state index in [4.69, 9.17) is 0 Å². The Balaban J connectivity index is 1.26. The monoisotopic (exact) mass is 486 g/mol. The lowest BCUT2D eigenvalue weighted by Crippen LogP contribution is -2.30. The first kappa shape index (κ1) is 23.9. The van der Waals surface area contributed by atoms with Crippen LogP contribution in [0.4, 0.5) is 5.13 Å². The Morgan fingerprint density at radius 2 is 1.97 bits per heavy atom. The van der Waals surface area contributed by atoms with Crippen LogP contribution in [0.2, 0.25) is 0 Å². The van der Waals surface area contributed by atoms with Gasteiger partial charge < -0.3 is 5.32 Å². The highest BCUT2D eigenvalue weighted by Crippen LogP contribution is 2.39. The van der Waals surface area contributed by atoms with Crippen molar-refractivity contribution in [2.45, 2.75) is 63.9 Å². The number of thiazole rings is 1. The van der Waals surface area contributed by atoms with Crippen LogP contribution in [0.5, 0.6) is 0 Å². The first-order chi connectivity index (χ1) is 15.7. The Morgan fingerprint density at radius 1 is 1.27 bits per heavy atom. The van der Waals surface area contributed by atoms with Crippen molar-refractivity contribution in [1.29, 1.82) is 5.26 Å². The molecule has 1 fully saturated rings. The topological polar surface area (TPSA) is 103 Å². The van der Waals surface area contributed by atoms with Crippen molar-refractivity contribution >= 4 is 32.2 Å². The summed E-state index contributed by atoms with van der Waals surface area (Å²) in [6.07, 6.45) is 4.35. The van der Waals surface area contributed by atoms with Crippen molar-refractivity contribution in [1.82, 2.24) is 9.88 Å². The molecule has 1 aromatic heterocycles. The number of anilines is 1. The maximum absolute atomic E-state index is 12.5. The molecule has 4 rings (SSSR count). The number of rotatable bonds is 7. The third kappa shape index (κ3) is 5.62. The molecule has 7 nitrogen and oxygen atoms in total. The van der Waals surface area contributed by atoms with Gasteiger partial charge in [0, 0.05) is 24.5 Å². The summed E-state index contributed by atoms with van der Waals surface area (Å²) in [6, 6.07) is 8.96. The van der Waals surface area contributed by atoms with Crippen molar-refractivity contribution in [3.8, 4) is 6.07 Å². The zero-order valence-corrected chi connectivity index (χ0v) is 20.8. The van der Waals surface area contributed by atoms with Crippen LogP contribution in [0.1, 0.15) is 55.7 Å². The Labute approximate surface area is 199 Å². The van der Waals surface area contributed by atoms with Crippen LogP contribution in [0.15, 0.2) is 29.2 Å². The fourth-order valence-electron chi connectivity index (χ4n) is 4.59. The zero-order chi connectivity index (χ0) is 23.6. The third-order valence-electron chi connectivity index (χ3n) is 6.79. The molecule has 0 radical (unpaired) electrons. The van der Waals surface area contributed by atoms with E-state index < -0.39 is 9.84 Å². The summed E-state index contributed by atoms with van der Waals surface area (Å²) in [6.45, 7) is 6.39. The standard InChI is InChI=1S/C24H30N4O3S2/c1-3-33(30,31)19-6-4-17(5-7-19)12-22(29)27-23-26-20-14-28(15-21(20)32-23)13-18-8-10-24(2,16-25)11-9-18/h4-7,18H,3,8-15H2,1-2H3,(H,26,27,29)/t18-,24-. The quantitative estimate of drug-likeness (QED) is 0.630. The summed E-state index contributed by atoms with van der Waals surface area (Å²) < 4.78 is 23.8. The predicted molar refractivity (Wildman–Crippen MR) is 128 cm³/mol. The molecular formula is C24H30N4O3S2. The lowest BCUT2D eigenvalue weighted by atomic mass is 9.72. The van der Waals surface area contributed by atoms with Gasteiger partial charge in [0.1, 0.15) is 0 Å². The Bertz CT molecular complexity index is 1130. The van der Waals surface area contributed by atoms with Crippen molar-refractivity contribution in [2.24, 2.45) is 11.3 Å². The van der Waals surface area contributed by atoms with Crippen molar-refractivity contribution in [2.75, 3.05) is 17.6 Å². The highest BCUT2D eigenvalue weighted by Gasteiger charge is 2.33. The van der Waals surface area contributed by atoms with E-state index >= 15 is 0 Å². The van der Waals surface area contributed by atoms with Crippen LogP contribution >= 0.6 is 11.3 Å². The van der Waals surface area contributed by atoms with E-state index in [1.54, 1.807) is 31.2 Å². The molecule has 0 spiro atoms. The zero-order valence-electron chi connectivity index (χ0n) is 19.1. The Hall–Kier alpha value is -2.28. The number of hydrogen-bond acceptors (Lipinski definition) is 7. The number of amides is 1. The summed E-state index contributed by atoms with van der Waals surface area (Å²) >= 11 is 1.53. The molecule has 0 atom stereocenters. The molecule has 0 unspecified atom stereocenters. The second-order valence-corrected chi connectivity index (χ2v) is 12.8. The number of sulfone groups is 1. The fourth-order valence-corrected chi connectivity index (χ4v) is 6.50. The lowest BCUT2D eigenvalue weighted by molar-refractivity contribution is -0.115. The number of nitrogens with zero attached hydrogens (tertiary/aromatic N) is 3. The Morgan fingerprint density at radius 3 is 2.58 bits per heavy atom. The van der Waals surface area contributed by atoms with Gasteiger partial charge >= 0.3 is 0 Å². The Kier molecular flexibility index (Phi) is 6.89. The largest absolute Gasteiger partial charge is 0.302 e. The van der Waals surface area contributed by atoms with Gasteiger partial charge in [-0.25, -0.2) is 13.4 Å². The van der Waals surface area contributed by atoms with Crippen LogP contribution < -0.4 is 5.32 Å². The van der Waals surface area contributed by atoms with E-state index in [0.29, 0.717) is 11.0 Å². The molecule has 0 bridgehead atoms. The molecule has 2 aliphatic rings. The van der Waals surface area contributed by atoms with Gasteiger partial charge in [0.2, 0.25) is 5.91 Å². The maximum Gasteiger partial charge on any atom is 0.230 e. The number of hydrogen-bond donors (Lipinski definition) is 1. The van der Waals surface area contributed by atoms with Gasteiger partial charge in [-0.2, -0.15) is 5.26 Å². The van der Waals surface area contributed by atoms with Gasteiger partial charge in [0.25, 0.3) is 0 Å². The first-order valence-electron chi connectivity index (χ1n) is 11.4. The minimum absolute atomic E-state index is 0.0558. The minimum Gasteiger partial charge on any atom is -0.302 e. The second kappa shape index (κ2) is 9.53. The summed E-state index contributed by atoms with van der Waals surface area (Å²) in [5.74, 6) is 0.534. The molecule has 1 aliphatic heterocycles. The van der Waals surface area contributed by atoms with Crippen molar-refractivity contribution in [3.63, 3.8) is 0 Å². The summed E-state index contributed by atoms with van der Waals surface area (Å²) in [5, 5.41) is 12.8. The highest BCUT2D eigenvalue weighted by atomic mass is 32.2. The summed E-state index contributed by atoms with van der Waals surface area (Å²) in [5.41, 5.74) is 1.66. The van der Waals surface area contributed by atoms with E-state index in [1.165, 1.54) is 16.2 Å². The molecule has 0 saturated heterocycles. The normalized spacial score (nSPS) is 23.1. The van der Waals surface area contributed by atoms with Crippen LogP contribution in [-0.4, -0.2) is 36.5 Å². The van der Waals surface area contributed by atoms with Gasteiger partial charge in [0.05, 0.1) is 34.2 Å². The van der Waals surface area contributed by atoms with Gasteiger partial charge in [-0.05, 0) is 56.2 Å². The van der Waals surface area contributed by atoms with Crippen LogP contribution in [-0.2, 0) is 34.1 Å². The number of fused-ring (bicyclic) bond motifs is 1. The van der Waals surface area contributed by atoms with Crippen LogP contribution in [0.3, 0.4) is 0 Å². The summed E-state index contributed by atoms with van der Waals surface area (Å²) in [4.78, 5) is 21.0. The molecule has 1 aromatic carbocycles. The fraction of sp³-hybridized carbons (Fsp3) is 0.542. The molecule has 2 heterocycles. The lowest BCUT2D eigenvalue weighted by Gasteiger charge is -2.33. The minimum atomic E-state index is -3.24. The molecule has 1 amide bonds. The highest BCUT2D eigenvalue weighted by molar-refractivity contribution is 7.91. The number of carbonyl (C=O) groups excluding carboxylic acids is 1. The third-order valence-corrected chi connectivity index (χ3v) is 9.54. The first-order valence-corrected chi connectivity index (χ1v) is 13.9.